The molecule has 1 aromatic rings. The van der Waals surface area contributed by atoms with E-state index in [-0.39, 0.29) is 0 Å². The Labute approximate surface area is 106 Å². The van der Waals surface area contributed by atoms with E-state index < -0.39 is 8.07 Å². The van der Waals surface area contributed by atoms with Crippen LogP contribution in [0.5, 0.6) is 0 Å². The van der Waals surface area contributed by atoms with Gasteiger partial charge >= 0.3 is 0 Å². The van der Waals surface area contributed by atoms with Crippen LogP contribution in [0.15, 0.2) is 6.20 Å². The summed E-state index contributed by atoms with van der Waals surface area (Å²) < 4.78 is 0. The van der Waals surface area contributed by atoms with E-state index >= 15 is 0 Å². The standard InChI is InChI=1S/C12H18BN3Si/c1-4-17(5-2,6-3)8-7-10-12(14)15-9-11(13)16-10/h9H,4-6H2,1-3H3,(H2,14,15). The third-order valence-corrected chi connectivity index (χ3v) is 8.01. The second kappa shape index (κ2) is 5.87. The van der Waals surface area contributed by atoms with Crippen molar-refractivity contribution in [3.05, 3.63) is 11.9 Å². The quantitative estimate of drug-likeness (QED) is 0.642. The Morgan fingerprint density at radius 2 is 1.88 bits per heavy atom. The minimum absolute atomic E-state index is 0.359. The smallest absolute Gasteiger partial charge is 0.158 e. The van der Waals surface area contributed by atoms with Crippen molar-refractivity contribution in [3.8, 4) is 11.5 Å². The Balaban J connectivity index is 3.08. The maximum Gasteiger partial charge on any atom is 0.158 e. The van der Waals surface area contributed by atoms with Crippen LogP contribution in [0.4, 0.5) is 5.82 Å². The highest BCUT2D eigenvalue weighted by atomic mass is 28.3. The van der Waals surface area contributed by atoms with Gasteiger partial charge in [0.15, 0.2) is 11.5 Å². The van der Waals surface area contributed by atoms with Crippen molar-refractivity contribution >= 4 is 27.3 Å². The number of rotatable bonds is 3. The molecule has 2 radical (unpaired) electrons. The highest BCUT2D eigenvalue weighted by Crippen LogP contribution is 2.19. The summed E-state index contributed by atoms with van der Waals surface area (Å²) in [7, 11) is 4.11. The molecule has 88 valence electrons. The second-order valence-electron chi connectivity index (χ2n) is 4.12. The summed E-state index contributed by atoms with van der Waals surface area (Å²) in [6.45, 7) is 6.63. The lowest BCUT2D eigenvalue weighted by molar-refractivity contribution is 1.20. The summed E-state index contributed by atoms with van der Waals surface area (Å²) in [5, 5.41) is 0. The molecule has 0 atom stereocenters. The number of nitrogens with zero attached hydrogens (tertiary/aromatic N) is 2. The third-order valence-electron chi connectivity index (χ3n) is 3.30. The predicted octanol–water partition coefficient (Wildman–Crippen LogP) is 1.25. The molecule has 0 spiro atoms. The molecule has 0 fully saturated rings. The summed E-state index contributed by atoms with van der Waals surface area (Å²) in [6, 6.07) is 3.47. The zero-order valence-electron chi connectivity index (χ0n) is 10.7. The fourth-order valence-corrected chi connectivity index (χ4v) is 4.12. The normalized spacial score (nSPS) is 10.8. The molecule has 0 aliphatic carbocycles. The molecule has 0 aliphatic rings. The fourth-order valence-electron chi connectivity index (χ4n) is 1.71. The van der Waals surface area contributed by atoms with Crippen molar-refractivity contribution in [2.75, 3.05) is 5.73 Å². The molecule has 1 rings (SSSR count). The third kappa shape index (κ3) is 3.34. The molecular formula is C12H18BN3Si. The lowest BCUT2D eigenvalue weighted by Crippen LogP contribution is -2.29. The number of hydrogen-bond donors (Lipinski definition) is 1. The van der Waals surface area contributed by atoms with Gasteiger partial charge in [0.05, 0.1) is 0 Å². The van der Waals surface area contributed by atoms with Crippen molar-refractivity contribution < 1.29 is 0 Å². The van der Waals surface area contributed by atoms with Crippen molar-refractivity contribution in [1.82, 2.24) is 9.97 Å². The van der Waals surface area contributed by atoms with E-state index in [1.54, 1.807) is 0 Å². The molecule has 1 aromatic heterocycles. The monoisotopic (exact) mass is 243 g/mol. The van der Waals surface area contributed by atoms with Gasteiger partial charge in [0.2, 0.25) is 0 Å². The number of anilines is 1. The first-order chi connectivity index (χ1) is 8.06. The number of nitrogen functional groups attached to an aromatic ring is 1. The van der Waals surface area contributed by atoms with Crippen LogP contribution in [0.2, 0.25) is 18.1 Å². The van der Waals surface area contributed by atoms with E-state index in [0.717, 1.165) is 18.1 Å². The first-order valence-electron chi connectivity index (χ1n) is 5.98. The molecule has 0 aromatic carbocycles. The average Bonchev–Trinajstić information content (AvgIpc) is 2.35. The van der Waals surface area contributed by atoms with E-state index in [1.165, 1.54) is 6.20 Å². The summed E-state index contributed by atoms with van der Waals surface area (Å²) in [5.41, 5.74) is 10.0. The van der Waals surface area contributed by atoms with Crippen molar-refractivity contribution in [2.45, 2.75) is 38.9 Å². The number of hydrogen-bond acceptors (Lipinski definition) is 3. The SMILES string of the molecule is [B]c1cnc(N)c(C#C[Si](CC)(CC)CC)n1. The number of aromatic nitrogens is 2. The molecule has 5 heteroatoms. The lowest BCUT2D eigenvalue weighted by atomic mass is 10.1. The molecule has 17 heavy (non-hydrogen) atoms. The van der Waals surface area contributed by atoms with Gasteiger partial charge in [-0.15, -0.1) is 5.54 Å². The van der Waals surface area contributed by atoms with Gasteiger partial charge in [-0.3, -0.25) is 4.98 Å². The maximum absolute atomic E-state index is 5.73. The van der Waals surface area contributed by atoms with Crippen LogP contribution < -0.4 is 11.3 Å². The Morgan fingerprint density at radius 1 is 1.29 bits per heavy atom. The summed E-state index contributed by atoms with van der Waals surface area (Å²) in [6.07, 6.45) is 1.45. The molecule has 0 amide bonds. The molecule has 1 heterocycles. The zero-order chi connectivity index (χ0) is 12.9. The summed E-state index contributed by atoms with van der Waals surface area (Å²) in [5.74, 6) is 3.44. The first-order valence-corrected chi connectivity index (χ1v) is 8.60. The van der Waals surface area contributed by atoms with Gasteiger partial charge in [0, 0.05) is 11.8 Å². The van der Waals surface area contributed by atoms with Crippen LogP contribution in [0, 0.1) is 11.5 Å². The molecule has 0 saturated carbocycles. The predicted molar refractivity (Wildman–Crippen MR) is 75.9 cm³/mol. The molecule has 0 bridgehead atoms. The Hall–Kier alpha value is -1.28. The van der Waals surface area contributed by atoms with E-state index in [4.69, 9.17) is 13.6 Å². The van der Waals surface area contributed by atoms with Crippen LogP contribution in [0.3, 0.4) is 0 Å². The van der Waals surface area contributed by atoms with Gasteiger partial charge in [0.25, 0.3) is 0 Å². The zero-order valence-corrected chi connectivity index (χ0v) is 11.7. The summed E-state index contributed by atoms with van der Waals surface area (Å²) >= 11 is 0. The first kappa shape index (κ1) is 13.8. The average molecular weight is 243 g/mol. The molecule has 2 N–H and O–H groups in total. The van der Waals surface area contributed by atoms with E-state index in [0.29, 0.717) is 17.1 Å². The lowest BCUT2D eigenvalue weighted by Gasteiger charge is -2.19. The van der Waals surface area contributed by atoms with E-state index in [9.17, 15) is 0 Å². The fraction of sp³-hybridized carbons (Fsp3) is 0.500. The van der Waals surface area contributed by atoms with Gasteiger partial charge in [0.1, 0.15) is 15.9 Å². The van der Waals surface area contributed by atoms with E-state index in [1.807, 2.05) is 0 Å². The largest absolute Gasteiger partial charge is 0.381 e. The van der Waals surface area contributed by atoms with Crippen molar-refractivity contribution in [2.24, 2.45) is 0 Å². The van der Waals surface area contributed by atoms with Crippen molar-refractivity contribution in [1.29, 1.82) is 0 Å². The Morgan fingerprint density at radius 3 is 2.41 bits per heavy atom. The van der Waals surface area contributed by atoms with Crippen LogP contribution in [-0.4, -0.2) is 25.9 Å². The summed E-state index contributed by atoms with van der Waals surface area (Å²) in [4.78, 5) is 8.08. The van der Waals surface area contributed by atoms with Crippen LogP contribution >= 0.6 is 0 Å². The molecule has 0 unspecified atom stereocenters. The molecule has 0 aliphatic heterocycles. The minimum atomic E-state index is -1.47. The van der Waals surface area contributed by atoms with Gasteiger partial charge in [-0.1, -0.05) is 26.7 Å². The molecular weight excluding hydrogens is 225 g/mol. The van der Waals surface area contributed by atoms with Crippen LogP contribution in [0.25, 0.3) is 0 Å². The van der Waals surface area contributed by atoms with Gasteiger partial charge < -0.3 is 5.73 Å². The van der Waals surface area contributed by atoms with Gasteiger partial charge in [-0.25, -0.2) is 4.98 Å². The highest BCUT2D eigenvalue weighted by Gasteiger charge is 2.24. The minimum Gasteiger partial charge on any atom is -0.381 e. The van der Waals surface area contributed by atoms with Crippen molar-refractivity contribution in [3.63, 3.8) is 0 Å². The number of nitrogens with two attached hydrogens (primary N) is 1. The Bertz CT molecular complexity index is 439. The molecule has 0 saturated heterocycles. The topological polar surface area (TPSA) is 51.8 Å². The molecule has 3 nitrogen and oxygen atoms in total. The Kier molecular flexibility index (Phi) is 4.76. The van der Waals surface area contributed by atoms with Crippen LogP contribution in [-0.2, 0) is 0 Å². The second-order valence-corrected chi connectivity index (χ2v) is 9.05. The maximum atomic E-state index is 5.73. The van der Waals surface area contributed by atoms with Gasteiger partial charge in [-0.2, -0.15) is 0 Å². The highest BCUT2D eigenvalue weighted by molar-refractivity contribution is 6.87. The van der Waals surface area contributed by atoms with E-state index in [2.05, 4.69) is 42.2 Å². The van der Waals surface area contributed by atoms with Crippen LogP contribution in [0.1, 0.15) is 26.5 Å². The van der Waals surface area contributed by atoms with Gasteiger partial charge in [-0.05, 0) is 18.1 Å².